The molecule has 0 bridgehead atoms. The summed E-state index contributed by atoms with van der Waals surface area (Å²) >= 11 is 0. The Labute approximate surface area is 120 Å². The van der Waals surface area contributed by atoms with E-state index in [1.807, 2.05) is 0 Å². The highest BCUT2D eigenvalue weighted by Gasteiger charge is 2.08. The van der Waals surface area contributed by atoms with Crippen LogP contribution in [-0.4, -0.2) is 24.3 Å². The number of rotatable bonds is 4. The third kappa shape index (κ3) is 3.56. The van der Waals surface area contributed by atoms with Crippen molar-refractivity contribution in [2.75, 3.05) is 7.11 Å². The Balaban J connectivity index is 2.07. The van der Waals surface area contributed by atoms with Crippen molar-refractivity contribution in [1.82, 2.24) is 5.43 Å². The first kappa shape index (κ1) is 14.5. The van der Waals surface area contributed by atoms with Crippen molar-refractivity contribution in [2.45, 2.75) is 0 Å². The van der Waals surface area contributed by atoms with Crippen molar-refractivity contribution in [3.63, 3.8) is 0 Å². The monoisotopic (exact) mass is 288 g/mol. The third-order valence-corrected chi connectivity index (χ3v) is 2.72. The Morgan fingerprint density at radius 3 is 2.81 bits per heavy atom. The number of hydrazone groups is 1. The first-order valence-corrected chi connectivity index (χ1v) is 6.06. The number of methoxy groups -OCH3 is 1. The molecule has 2 aromatic rings. The average molecular weight is 288 g/mol. The molecular weight excluding hydrogens is 275 g/mol. The van der Waals surface area contributed by atoms with Gasteiger partial charge in [0.25, 0.3) is 5.91 Å². The molecule has 2 aromatic carbocycles. The van der Waals surface area contributed by atoms with Crippen molar-refractivity contribution in [3.05, 3.63) is 59.4 Å². The number of halogens is 1. The van der Waals surface area contributed by atoms with Gasteiger partial charge in [0.1, 0.15) is 5.82 Å². The fraction of sp³-hybridized carbons (Fsp3) is 0.0667. The Kier molecular flexibility index (Phi) is 4.50. The summed E-state index contributed by atoms with van der Waals surface area (Å²) < 4.78 is 18.2. The normalized spacial score (nSPS) is 10.6. The van der Waals surface area contributed by atoms with Crippen molar-refractivity contribution in [1.29, 1.82) is 0 Å². The molecule has 0 heterocycles. The Morgan fingerprint density at radius 1 is 1.33 bits per heavy atom. The maximum Gasteiger partial charge on any atom is 0.271 e. The number of amides is 1. The minimum atomic E-state index is -0.499. The predicted octanol–water partition coefficient (Wildman–Crippen LogP) is 2.30. The fourth-order valence-corrected chi connectivity index (χ4v) is 1.62. The van der Waals surface area contributed by atoms with Crippen LogP contribution in [0.1, 0.15) is 15.9 Å². The van der Waals surface area contributed by atoms with E-state index in [1.165, 1.54) is 43.7 Å². The summed E-state index contributed by atoms with van der Waals surface area (Å²) in [5.74, 6) is -0.813. The third-order valence-electron chi connectivity index (χ3n) is 2.72. The molecule has 2 N–H and O–H groups in total. The van der Waals surface area contributed by atoms with Gasteiger partial charge in [-0.05, 0) is 24.3 Å². The number of phenolic OH excluding ortho intramolecular Hbond substituents is 1. The van der Waals surface area contributed by atoms with E-state index in [-0.39, 0.29) is 22.6 Å². The molecule has 0 aromatic heterocycles. The fourth-order valence-electron chi connectivity index (χ4n) is 1.62. The minimum absolute atomic E-state index is 0.0658. The number of ether oxygens (including phenoxy) is 1. The summed E-state index contributed by atoms with van der Waals surface area (Å²) in [6.45, 7) is 0. The molecule has 21 heavy (non-hydrogen) atoms. The number of phenols is 1. The van der Waals surface area contributed by atoms with Crippen LogP contribution in [-0.2, 0) is 0 Å². The Hall–Kier alpha value is -2.89. The standard InChI is InChI=1S/C15H13FN2O3/c1-21-14-8-10(6-7-13(14)19)15(20)18-17-9-11-4-2-3-5-12(11)16/h2-9,19H,1H3,(H,18,20)/b17-9+. The highest BCUT2D eigenvalue weighted by molar-refractivity contribution is 5.95. The number of benzene rings is 2. The maximum atomic E-state index is 13.3. The van der Waals surface area contributed by atoms with Gasteiger partial charge in [0.15, 0.2) is 11.5 Å². The van der Waals surface area contributed by atoms with Gasteiger partial charge in [0, 0.05) is 11.1 Å². The highest BCUT2D eigenvalue weighted by Crippen LogP contribution is 2.26. The largest absolute Gasteiger partial charge is 0.504 e. The second-order valence-electron chi connectivity index (χ2n) is 4.11. The molecule has 108 valence electrons. The van der Waals surface area contributed by atoms with Gasteiger partial charge in [0.2, 0.25) is 0 Å². The van der Waals surface area contributed by atoms with E-state index in [0.29, 0.717) is 0 Å². The van der Waals surface area contributed by atoms with Crippen LogP contribution >= 0.6 is 0 Å². The van der Waals surface area contributed by atoms with Crippen molar-refractivity contribution >= 4 is 12.1 Å². The summed E-state index contributed by atoms with van der Waals surface area (Å²) in [5.41, 5.74) is 2.80. The average Bonchev–Trinajstić information content (AvgIpc) is 2.49. The van der Waals surface area contributed by atoms with Crippen LogP contribution in [0.25, 0.3) is 0 Å². The van der Waals surface area contributed by atoms with Crippen LogP contribution in [0.4, 0.5) is 4.39 Å². The van der Waals surface area contributed by atoms with Gasteiger partial charge in [-0.2, -0.15) is 5.10 Å². The van der Waals surface area contributed by atoms with Gasteiger partial charge in [-0.1, -0.05) is 18.2 Å². The number of aromatic hydroxyl groups is 1. The molecule has 0 saturated heterocycles. The van der Waals surface area contributed by atoms with Gasteiger partial charge < -0.3 is 9.84 Å². The minimum Gasteiger partial charge on any atom is -0.504 e. The highest BCUT2D eigenvalue weighted by atomic mass is 19.1. The molecule has 0 atom stereocenters. The van der Waals surface area contributed by atoms with Crippen LogP contribution in [0.2, 0.25) is 0 Å². The van der Waals surface area contributed by atoms with Crippen LogP contribution in [0.5, 0.6) is 11.5 Å². The number of carbonyl (C=O) groups is 1. The molecule has 0 unspecified atom stereocenters. The summed E-state index contributed by atoms with van der Waals surface area (Å²) in [7, 11) is 1.38. The molecule has 1 amide bonds. The topological polar surface area (TPSA) is 70.9 Å². The lowest BCUT2D eigenvalue weighted by molar-refractivity contribution is 0.0954. The Morgan fingerprint density at radius 2 is 2.10 bits per heavy atom. The van der Waals surface area contributed by atoms with E-state index < -0.39 is 11.7 Å². The molecule has 0 aliphatic carbocycles. The smallest absolute Gasteiger partial charge is 0.271 e. The number of carbonyl (C=O) groups excluding carboxylic acids is 1. The second-order valence-corrected chi connectivity index (χ2v) is 4.11. The van der Waals surface area contributed by atoms with Gasteiger partial charge in [-0.25, -0.2) is 9.82 Å². The number of hydrogen-bond donors (Lipinski definition) is 2. The van der Waals surface area contributed by atoms with Gasteiger partial charge in [-0.3, -0.25) is 4.79 Å². The first-order valence-electron chi connectivity index (χ1n) is 6.06. The molecule has 0 spiro atoms. The molecule has 0 fully saturated rings. The molecule has 5 nitrogen and oxygen atoms in total. The lowest BCUT2D eigenvalue weighted by atomic mass is 10.2. The van der Waals surface area contributed by atoms with Crippen molar-refractivity contribution in [3.8, 4) is 11.5 Å². The van der Waals surface area contributed by atoms with Gasteiger partial charge in [0.05, 0.1) is 13.3 Å². The van der Waals surface area contributed by atoms with E-state index >= 15 is 0 Å². The van der Waals surface area contributed by atoms with E-state index in [9.17, 15) is 14.3 Å². The maximum absolute atomic E-state index is 13.3. The van der Waals surface area contributed by atoms with E-state index in [4.69, 9.17) is 4.74 Å². The number of nitrogens with zero attached hydrogens (tertiary/aromatic N) is 1. The molecule has 0 aliphatic rings. The summed E-state index contributed by atoms with van der Waals surface area (Å²) in [6.07, 6.45) is 1.21. The molecular formula is C15H13FN2O3. The summed E-state index contributed by atoms with van der Waals surface area (Å²) in [4.78, 5) is 11.8. The lowest BCUT2D eigenvalue weighted by Crippen LogP contribution is -2.17. The first-order chi connectivity index (χ1) is 10.1. The van der Waals surface area contributed by atoms with E-state index in [0.717, 1.165) is 0 Å². The SMILES string of the molecule is COc1cc(C(=O)N/N=C/c2ccccc2F)ccc1O. The predicted molar refractivity (Wildman–Crippen MR) is 76.1 cm³/mol. The quantitative estimate of drug-likeness (QED) is 0.670. The van der Waals surface area contributed by atoms with Crippen LogP contribution in [0, 0.1) is 5.82 Å². The molecule has 6 heteroatoms. The summed E-state index contributed by atoms with van der Waals surface area (Å²) in [5, 5.41) is 13.1. The number of nitrogens with one attached hydrogen (secondary N) is 1. The zero-order valence-corrected chi connectivity index (χ0v) is 11.2. The van der Waals surface area contributed by atoms with Crippen molar-refractivity contribution in [2.24, 2.45) is 5.10 Å². The molecule has 0 radical (unpaired) electrons. The van der Waals surface area contributed by atoms with Gasteiger partial charge in [-0.15, -0.1) is 0 Å². The van der Waals surface area contributed by atoms with Gasteiger partial charge >= 0.3 is 0 Å². The zero-order valence-electron chi connectivity index (χ0n) is 11.2. The van der Waals surface area contributed by atoms with Crippen LogP contribution in [0.15, 0.2) is 47.6 Å². The molecule has 2 rings (SSSR count). The number of hydrogen-bond acceptors (Lipinski definition) is 4. The lowest BCUT2D eigenvalue weighted by Gasteiger charge is -2.05. The van der Waals surface area contributed by atoms with E-state index in [2.05, 4.69) is 10.5 Å². The van der Waals surface area contributed by atoms with E-state index in [1.54, 1.807) is 12.1 Å². The second kappa shape index (κ2) is 6.51. The molecule has 0 aliphatic heterocycles. The molecule has 0 saturated carbocycles. The Bertz CT molecular complexity index is 686. The van der Waals surface area contributed by atoms with Crippen molar-refractivity contribution < 1.29 is 19.0 Å². The zero-order chi connectivity index (χ0) is 15.2. The van der Waals surface area contributed by atoms with Crippen LogP contribution < -0.4 is 10.2 Å². The van der Waals surface area contributed by atoms with Crippen LogP contribution in [0.3, 0.4) is 0 Å². The summed E-state index contributed by atoms with van der Waals surface area (Å²) in [6, 6.07) is 10.2.